The van der Waals surface area contributed by atoms with Crippen molar-refractivity contribution in [1.82, 2.24) is 14.7 Å². The van der Waals surface area contributed by atoms with Crippen LogP contribution in [0.5, 0.6) is 0 Å². The van der Waals surface area contributed by atoms with Crippen LogP contribution in [0.25, 0.3) is 0 Å². The van der Waals surface area contributed by atoms with Crippen LogP contribution in [0.4, 0.5) is 0 Å². The monoisotopic (exact) mass is 325 g/mol. The first kappa shape index (κ1) is 15.9. The zero-order valence-corrected chi connectivity index (χ0v) is 14.7. The minimum absolute atomic E-state index is 0.261. The summed E-state index contributed by atoms with van der Waals surface area (Å²) >= 11 is 0. The molecule has 4 nitrogen and oxygen atoms in total. The van der Waals surface area contributed by atoms with Gasteiger partial charge in [0.2, 0.25) is 0 Å². The molecule has 1 N–H and O–H groups in total. The van der Waals surface area contributed by atoms with Crippen LogP contribution < -0.4 is 0 Å². The molecule has 24 heavy (non-hydrogen) atoms. The summed E-state index contributed by atoms with van der Waals surface area (Å²) in [4.78, 5) is 2.50. The molecular weight excluding hydrogens is 298 g/mol. The number of aryl methyl sites for hydroxylation is 2. The topological polar surface area (TPSA) is 41.3 Å². The third-order valence-electron chi connectivity index (χ3n) is 5.82. The highest BCUT2D eigenvalue weighted by molar-refractivity contribution is 5.35. The standard InChI is InChI=1S/C20H27N3O/c1-14-11-15(2)23(21-14)13-16-7-9-22(10-8-16)19-12-17-5-3-4-6-18(17)20(19)24/h3-6,11,16,19-20,24H,7-10,12-13H2,1-2H3. The molecule has 4 rings (SSSR count). The fraction of sp³-hybridized carbons (Fsp3) is 0.550. The van der Waals surface area contributed by atoms with E-state index < -0.39 is 0 Å². The van der Waals surface area contributed by atoms with E-state index in [1.54, 1.807) is 0 Å². The summed E-state index contributed by atoms with van der Waals surface area (Å²) in [5, 5.41) is 15.3. The predicted octanol–water partition coefficient (Wildman–Crippen LogP) is 2.87. The lowest BCUT2D eigenvalue weighted by Gasteiger charge is -2.37. The fourth-order valence-electron chi connectivity index (χ4n) is 4.45. The number of nitrogens with zero attached hydrogens (tertiary/aromatic N) is 3. The molecule has 128 valence electrons. The second kappa shape index (κ2) is 6.34. The Bertz CT molecular complexity index is 715. The van der Waals surface area contributed by atoms with Crippen LogP contribution in [-0.4, -0.2) is 38.9 Å². The molecule has 1 aromatic carbocycles. The normalized spacial score (nSPS) is 25.1. The summed E-state index contributed by atoms with van der Waals surface area (Å²) in [7, 11) is 0. The largest absolute Gasteiger partial charge is 0.387 e. The number of aliphatic hydroxyl groups excluding tert-OH is 1. The van der Waals surface area contributed by atoms with E-state index in [0.717, 1.165) is 37.3 Å². The van der Waals surface area contributed by atoms with Crippen molar-refractivity contribution >= 4 is 0 Å². The molecule has 2 atom stereocenters. The van der Waals surface area contributed by atoms with Gasteiger partial charge in [-0.2, -0.15) is 5.10 Å². The molecule has 0 spiro atoms. The second-order valence-corrected chi connectivity index (χ2v) is 7.50. The average molecular weight is 325 g/mol. The average Bonchev–Trinajstić information content (AvgIpc) is 3.08. The summed E-state index contributed by atoms with van der Waals surface area (Å²) in [5.41, 5.74) is 4.82. The highest BCUT2D eigenvalue weighted by atomic mass is 16.3. The molecule has 1 fully saturated rings. The molecule has 1 aliphatic carbocycles. The Morgan fingerprint density at radius 1 is 1.17 bits per heavy atom. The van der Waals surface area contributed by atoms with Crippen molar-refractivity contribution in [2.45, 2.75) is 51.8 Å². The second-order valence-electron chi connectivity index (χ2n) is 7.50. The van der Waals surface area contributed by atoms with Crippen molar-refractivity contribution in [3.05, 3.63) is 52.8 Å². The molecule has 0 saturated carbocycles. The summed E-state index contributed by atoms with van der Waals surface area (Å²) in [6, 6.07) is 10.8. The first-order valence-corrected chi connectivity index (χ1v) is 9.13. The van der Waals surface area contributed by atoms with Crippen LogP contribution in [-0.2, 0) is 13.0 Å². The molecular formula is C20H27N3O. The first-order chi connectivity index (χ1) is 11.6. The van der Waals surface area contributed by atoms with Gasteiger partial charge in [-0.15, -0.1) is 0 Å². The molecule has 2 unspecified atom stereocenters. The highest BCUT2D eigenvalue weighted by Gasteiger charge is 2.36. The van der Waals surface area contributed by atoms with Crippen LogP contribution in [0, 0.1) is 19.8 Å². The predicted molar refractivity (Wildman–Crippen MR) is 94.9 cm³/mol. The Morgan fingerprint density at radius 3 is 2.58 bits per heavy atom. The maximum Gasteiger partial charge on any atom is 0.0951 e. The lowest BCUT2D eigenvalue weighted by Crippen LogP contribution is -2.44. The number of aliphatic hydroxyl groups is 1. The maximum absolute atomic E-state index is 10.7. The lowest BCUT2D eigenvalue weighted by atomic mass is 9.94. The molecule has 0 bridgehead atoms. The zero-order chi connectivity index (χ0) is 16.7. The number of rotatable bonds is 3. The minimum atomic E-state index is -0.325. The molecule has 2 aliphatic rings. The van der Waals surface area contributed by atoms with Gasteiger partial charge in [-0.1, -0.05) is 24.3 Å². The molecule has 2 aromatic rings. The summed E-state index contributed by atoms with van der Waals surface area (Å²) in [6.07, 6.45) is 3.05. The van der Waals surface area contributed by atoms with E-state index in [4.69, 9.17) is 0 Å². The van der Waals surface area contributed by atoms with Gasteiger partial charge >= 0.3 is 0 Å². The fourth-order valence-corrected chi connectivity index (χ4v) is 4.45. The molecule has 4 heteroatoms. The summed E-state index contributed by atoms with van der Waals surface area (Å²) in [6.45, 7) is 7.40. The number of benzene rings is 1. The lowest BCUT2D eigenvalue weighted by molar-refractivity contribution is 0.0368. The molecule has 1 saturated heterocycles. The van der Waals surface area contributed by atoms with Crippen molar-refractivity contribution in [2.24, 2.45) is 5.92 Å². The zero-order valence-electron chi connectivity index (χ0n) is 14.7. The number of hydrogen-bond donors (Lipinski definition) is 1. The van der Waals surface area contributed by atoms with Gasteiger partial charge in [0.15, 0.2) is 0 Å². The van der Waals surface area contributed by atoms with Crippen molar-refractivity contribution < 1.29 is 5.11 Å². The minimum Gasteiger partial charge on any atom is -0.387 e. The Hall–Kier alpha value is -1.65. The van der Waals surface area contributed by atoms with Crippen molar-refractivity contribution in [2.75, 3.05) is 13.1 Å². The van der Waals surface area contributed by atoms with E-state index in [1.165, 1.54) is 24.1 Å². The van der Waals surface area contributed by atoms with E-state index in [0.29, 0.717) is 5.92 Å². The molecule has 1 aliphatic heterocycles. The van der Waals surface area contributed by atoms with Gasteiger partial charge in [-0.3, -0.25) is 9.58 Å². The van der Waals surface area contributed by atoms with Gasteiger partial charge in [0.1, 0.15) is 0 Å². The van der Waals surface area contributed by atoms with Gasteiger partial charge in [-0.05, 0) is 69.3 Å². The van der Waals surface area contributed by atoms with Crippen LogP contribution in [0.2, 0.25) is 0 Å². The molecule has 0 amide bonds. The van der Waals surface area contributed by atoms with E-state index >= 15 is 0 Å². The number of aromatic nitrogens is 2. The molecule has 1 aromatic heterocycles. The van der Waals surface area contributed by atoms with E-state index in [-0.39, 0.29) is 12.1 Å². The van der Waals surface area contributed by atoms with E-state index in [1.807, 2.05) is 6.07 Å². The van der Waals surface area contributed by atoms with Gasteiger partial charge in [0, 0.05) is 18.3 Å². The van der Waals surface area contributed by atoms with Gasteiger partial charge in [0.25, 0.3) is 0 Å². The maximum atomic E-state index is 10.7. The smallest absolute Gasteiger partial charge is 0.0951 e. The van der Waals surface area contributed by atoms with Crippen molar-refractivity contribution in [3.63, 3.8) is 0 Å². The highest BCUT2D eigenvalue weighted by Crippen LogP contribution is 2.36. The van der Waals surface area contributed by atoms with Gasteiger partial charge in [-0.25, -0.2) is 0 Å². The van der Waals surface area contributed by atoms with Crippen molar-refractivity contribution in [3.8, 4) is 0 Å². The number of hydrogen-bond acceptors (Lipinski definition) is 3. The Morgan fingerprint density at radius 2 is 1.92 bits per heavy atom. The van der Waals surface area contributed by atoms with Gasteiger partial charge < -0.3 is 5.11 Å². The van der Waals surface area contributed by atoms with Crippen LogP contribution in [0.1, 0.15) is 41.5 Å². The third kappa shape index (κ3) is 2.89. The van der Waals surface area contributed by atoms with Crippen LogP contribution >= 0.6 is 0 Å². The number of likely N-dealkylation sites (tertiary alicyclic amines) is 1. The SMILES string of the molecule is Cc1cc(C)n(CC2CCN(C3Cc4ccccc4C3O)CC2)n1. The van der Waals surface area contributed by atoms with Crippen LogP contribution in [0.15, 0.2) is 30.3 Å². The van der Waals surface area contributed by atoms with Gasteiger partial charge in [0.05, 0.1) is 11.8 Å². The number of piperidine rings is 1. The Balaban J connectivity index is 1.36. The first-order valence-electron chi connectivity index (χ1n) is 9.13. The molecule has 2 heterocycles. The third-order valence-corrected chi connectivity index (χ3v) is 5.82. The van der Waals surface area contributed by atoms with Crippen molar-refractivity contribution in [1.29, 1.82) is 0 Å². The number of fused-ring (bicyclic) bond motifs is 1. The Kier molecular flexibility index (Phi) is 4.19. The summed E-state index contributed by atoms with van der Waals surface area (Å²) < 4.78 is 2.16. The quantitative estimate of drug-likeness (QED) is 0.943. The van der Waals surface area contributed by atoms with E-state index in [9.17, 15) is 5.11 Å². The Labute approximate surface area is 144 Å². The molecule has 0 radical (unpaired) electrons. The summed E-state index contributed by atoms with van der Waals surface area (Å²) in [5.74, 6) is 0.695. The van der Waals surface area contributed by atoms with Crippen LogP contribution in [0.3, 0.4) is 0 Å². The van der Waals surface area contributed by atoms with E-state index in [2.05, 4.69) is 52.8 Å².